The first-order valence-electron chi connectivity index (χ1n) is 9.01. The van der Waals surface area contributed by atoms with Gasteiger partial charge in [-0.2, -0.15) is 13.2 Å². The highest BCUT2D eigenvalue weighted by Gasteiger charge is 2.45. The largest absolute Gasteiger partial charge is 0.416 e. The van der Waals surface area contributed by atoms with Gasteiger partial charge in [0.2, 0.25) is 11.8 Å². The summed E-state index contributed by atoms with van der Waals surface area (Å²) in [5.74, 6) is -3.66. The van der Waals surface area contributed by atoms with Crippen molar-refractivity contribution in [3.05, 3.63) is 58.6 Å². The molecule has 1 N–H and O–H groups in total. The van der Waals surface area contributed by atoms with Gasteiger partial charge in [0, 0.05) is 30.8 Å². The summed E-state index contributed by atoms with van der Waals surface area (Å²) in [5, 5.41) is 2.28. The lowest BCUT2D eigenvalue weighted by atomic mass is 9.87. The number of carbonyl (C=O) groups is 2. The van der Waals surface area contributed by atoms with Crippen LogP contribution in [-0.2, 0) is 25.6 Å². The monoisotopic (exact) mass is 474 g/mol. The lowest BCUT2D eigenvalue weighted by molar-refractivity contribution is -0.137. The van der Waals surface area contributed by atoms with Gasteiger partial charge in [0.1, 0.15) is 5.92 Å². The molecule has 0 saturated carbocycles. The van der Waals surface area contributed by atoms with Crippen LogP contribution in [0.2, 0.25) is 5.02 Å². The van der Waals surface area contributed by atoms with Crippen LogP contribution in [0.1, 0.15) is 17.0 Å². The molecule has 11 heteroatoms. The molecule has 1 saturated heterocycles. The number of amides is 2. The second-order valence-corrected chi connectivity index (χ2v) is 9.75. The zero-order valence-corrected chi connectivity index (χ0v) is 18.0. The predicted molar refractivity (Wildman–Crippen MR) is 109 cm³/mol. The third-order valence-electron chi connectivity index (χ3n) is 5.02. The summed E-state index contributed by atoms with van der Waals surface area (Å²) in [4.78, 5) is 26.8. The Kier molecular flexibility index (Phi) is 6.07. The van der Waals surface area contributed by atoms with Crippen molar-refractivity contribution in [1.82, 2.24) is 4.90 Å². The predicted octanol–water partition coefficient (Wildman–Crippen LogP) is 3.57. The number of carbonyl (C=O) groups excluding carboxylic acids is 2. The summed E-state index contributed by atoms with van der Waals surface area (Å²) < 4.78 is 63.6. The third kappa shape index (κ3) is 4.85. The molecule has 1 aliphatic rings. The number of alkyl halides is 3. The number of likely N-dealkylation sites (N-methyl/N-ethyl adjacent to an activating group) is 1. The summed E-state index contributed by atoms with van der Waals surface area (Å²) in [7, 11) is -2.24. The van der Waals surface area contributed by atoms with E-state index in [1.54, 1.807) is 0 Å². The minimum absolute atomic E-state index is 0.00226. The van der Waals surface area contributed by atoms with Crippen molar-refractivity contribution in [2.75, 3.05) is 25.2 Å². The smallest absolute Gasteiger partial charge is 0.344 e. The van der Waals surface area contributed by atoms with Gasteiger partial charge in [-0.1, -0.05) is 23.7 Å². The number of sulfone groups is 1. The highest BCUT2D eigenvalue weighted by Crippen LogP contribution is 2.39. The summed E-state index contributed by atoms with van der Waals surface area (Å²) in [6.45, 7) is 0.00226. The molecule has 1 heterocycles. The number of halogens is 4. The van der Waals surface area contributed by atoms with Crippen LogP contribution in [0.5, 0.6) is 0 Å². The Bertz CT molecular complexity index is 1150. The van der Waals surface area contributed by atoms with Gasteiger partial charge in [-0.05, 0) is 35.9 Å². The molecule has 0 aromatic heterocycles. The average molecular weight is 475 g/mol. The van der Waals surface area contributed by atoms with E-state index in [1.807, 2.05) is 0 Å². The maximum absolute atomic E-state index is 13.2. The number of hydrogen-bond acceptors (Lipinski definition) is 4. The Morgan fingerprint density at radius 3 is 2.45 bits per heavy atom. The lowest BCUT2D eigenvalue weighted by Crippen LogP contribution is -2.33. The van der Waals surface area contributed by atoms with Gasteiger partial charge < -0.3 is 10.2 Å². The van der Waals surface area contributed by atoms with Crippen LogP contribution in [0.3, 0.4) is 0 Å². The quantitative estimate of drug-likeness (QED) is 0.687. The molecule has 1 fully saturated rings. The zero-order chi connectivity index (χ0) is 23.1. The first-order valence-corrected chi connectivity index (χ1v) is 11.3. The first kappa shape index (κ1) is 23.1. The SMILES string of the molecule is CN1C[C@H](c2cc(Cl)cc(C(F)(F)F)c2)[C@@H](C(=O)Nc2ccccc2S(C)(=O)=O)C1=O. The van der Waals surface area contributed by atoms with E-state index in [-0.39, 0.29) is 27.7 Å². The van der Waals surface area contributed by atoms with E-state index < -0.39 is 45.2 Å². The maximum atomic E-state index is 13.2. The van der Waals surface area contributed by atoms with Crippen LogP contribution in [-0.4, -0.2) is 45.0 Å². The second kappa shape index (κ2) is 8.16. The molecule has 2 aromatic carbocycles. The van der Waals surface area contributed by atoms with E-state index >= 15 is 0 Å². The maximum Gasteiger partial charge on any atom is 0.416 e. The molecule has 0 unspecified atom stereocenters. The van der Waals surface area contributed by atoms with Crippen molar-refractivity contribution in [2.24, 2.45) is 5.92 Å². The van der Waals surface area contributed by atoms with Crippen LogP contribution in [0.15, 0.2) is 47.4 Å². The van der Waals surface area contributed by atoms with Crippen molar-refractivity contribution in [3.8, 4) is 0 Å². The van der Waals surface area contributed by atoms with E-state index in [2.05, 4.69) is 5.32 Å². The van der Waals surface area contributed by atoms with E-state index in [9.17, 15) is 31.2 Å². The molecule has 0 spiro atoms. The molecule has 6 nitrogen and oxygen atoms in total. The van der Waals surface area contributed by atoms with Crippen molar-refractivity contribution in [1.29, 1.82) is 0 Å². The summed E-state index contributed by atoms with van der Waals surface area (Å²) >= 11 is 5.87. The summed E-state index contributed by atoms with van der Waals surface area (Å²) in [6.07, 6.45) is -3.68. The van der Waals surface area contributed by atoms with Crippen molar-refractivity contribution >= 4 is 38.9 Å². The number of nitrogens with one attached hydrogen (secondary N) is 1. The standard InChI is InChI=1S/C20H18ClF3N2O4S/c1-26-10-14(11-7-12(20(22,23)24)9-13(21)8-11)17(19(26)28)18(27)25-15-5-3-4-6-16(15)31(2,29)30/h3-9,14,17H,10H2,1-2H3,(H,25,27)/t14-,17+/m1/s1. The summed E-state index contributed by atoms with van der Waals surface area (Å²) in [5.41, 5.74) is -0.911. The molecule has 0 aliphatic carbocycles. The number of hydrogen-bond donors (Lipinski definition) is 1. The van der Waals surface area contributed by atoms with Gasteiger partial charge in [0.05, 0.1) is 16.1 Å². The van der Waals surface area contributed by atoms with Gasteiger partial charge in [0.15, 0.2) is 9.84 Å². The lowest BCUT2D eigenvalue weighted by Gasteiger charge is -2.19. The highest BCUT2D eigenvalue weighted by atomic mass is 35.5. The Hall–Kier alpha value is -2.59. The van der Waals surface area contributed by atoms with E-state index in [0.717, 1.165) is 18.4 Å². The number of nitrogens with zero attached hydrogens (tertiary/aromatic N) is 1. The van der Waals surface area contributed by atoms with Gasteiger partial charge in [0.25, 0.3) is 0 Å². The Morgan fingerprint density at radius 2 is 1.84 bits per heavy atom. The van der Waals surface area contributed by atoms with Gasteiger partial charge >= 0.3 is 6.18 Å². The highest BCUT2D eigenvalue weighted by molar-refractivity contribution is 7.90. The number of likely N-dealkylation sites (tertiary alicyclic amines) is 1. The number of anilines is 1. The topological polar surface area (TPSA) is 83.6 Å². The molecule has 166 valence electrons. The third-order valence-corrected chi connectivity index (χ3v) is 6.39. The fraction of sp³-hybridized carbons (Fsp3) is 0.300. The van der Waals surface area contributed by atoms with E-state index in [0.29, 0.717) is 0 Å². The van der Waals surface area contributed by atoms with Crippen molar-refractivity contribution in [2.45, 2.75) is 17.0 Å². The molecule has 31 heavy (non-hydrogen) atoms. The molecule has 0 bridgehead atoms. The number of para-hydroxylation sites is 1. The van der Waals surface area contributed by atoms with E-state index in [1.165, 1.54) is 42.3 Å². The van der Waals surface area contributed by atoms with Crippen molar-refractivity contribution in [3.63, 3.8) is 0 Å². The molecule has 2 amide bonds. The summed E-state index contributed by atoms with van der Waals surface area (Å²) in [6, 6.07) is 8.59. The van der Waals surface area contributed by atoms with Gasteiger partial charge in [-0.3, -0.25) is 9.59 Å². The van der Waals surface area contributed by atoms with Crippen LogP contribution >= 0.6 is 11.6 Å². The number of rotatable bonds is 4. The fourth-order valence-corrected chi connectivity index (χ4v) is 4.67. The molecule has 2 atom stereocenters. The molecule has 3 rings (SSSR count). The van der Waals surface area contributed by atoms with Gasteiger partial charge in [-0.15, -0.1) is 0 Å². The Balaban J connectivity index is 2.00. The average Bonchev–Trinajstić information content (AvgIpc) is 2.95. The van der Waals surface area contributed by atoms with Crippen LogP contribution in [0, 0.1) is 5.92 Å². The molecular formula is C20H18ClF3N2O4S. The fourth-order valence-electron chi connectivity index (χ4n) is 3.59. The first-order chi connectivity index (χ1) is 14.3. The van der Waals surface area contributed by atoms with Crippen LogP contribution < -0.4 is 5.32 Å². The molecule has 0 radical (unpaired) electrons. The molecule has 1 aliphatic heterocycles. The number of benzene rings is 2. The van der Waals surface area contributed by atoms with Crippen LogP contribution in [0.25, 0.3) is 0 Å². The molecular weight excluding hydrogens is 457 g/mol. The van der Waals surface area contributed by atoms with Crippen LogP contribution in [0.4, 0.5) is 18.9 Å². The Morgan fingerprint density at radius 1 is 1.19 bits per heavy atom. The Labute approximate surface area is 181 Å². The normalized spacial score (nSPS) is 19.5. The molecule has 2 aromatic rings. The van der Waals surface area contributed by atoms with Crippen molar-refractivity contribution < 1.29 is 31.2 Å². The minimum atomic E-state index is -4.65. The minimum Gasteiger partial charge on any atom is -0.344 e. The second-order valence-electron chi connectivity index (χ2n) is 7.33. The van der Waals surface area contributed by atoms with Gasteiger partial charge in [-0.25, -0.2) is 8.42 Å². The van der Waals surface area contributed by atoms with E-state index in [4.69, 9.17) is 11.6 Å². The zero-order valence-electron chi connectivity index (χ0n) is 16.4.